The molecule has 142 valence electrons. The van der Waals surface area contributed by atoms with Gasteiger partial charge in [0.2, 0.25) is 5.91 Å². The van der Waals surface area contributed by atoms with Crippen LogP contribution in [0.1, 0.15) is 29.3 Å². The lowest BCUT2D eigenvalue weighted by molar-refractivity contribution is -0.137. The summed E-state index contributed by atoms with van der Waals surface area (Å²) in [5.74, 6) is -1.02. The molecule has 0 atom stereocenters. The molecule has 0 spiro atoms. The molecular weight excluding hydrogens is 383 g/mol. The van der Waals surface area contributed by atoms with Gasteiger partial charge < -0.3 is 5.32 Å². The van der Waals surface area contributed by atoms with Crippen molar-refractivity contribution in [2.75, 3.05) is 5.32 Å². The molecule has 0 saturated carbocycles. The lowest BCUT2D eigenvalue weighted by atomic mass is 10.2. The molecule has 0 heterocycles. The second kappa shape index (κ2) is 8.68. The predicted molar refractivity (Wildman–Crippen MR) is 96.7 cm³/mol. The third kappa shape index (κ3) is 6.10. The fraction of sp³-hybridized carbons (Fsp3) is 0.167. The summed E-state index contributed by atoms with van der Waals surface area (Å²) in [6, 6.07) is 11.4. The summed E-state index contributed by atoms with van der Waals surface area (Å²) in [7, 11) is 0. The van der Waals surface area contributed by atoms with E-state index in [-0.39, 0.29) is 17.8 Å². The summed E-state index contributed by atoms with van der Waals surface area (Å²) in [6.07, 6.45) is -4.84. The molecule has 0 aliphatic rings. The third-order valence-electron chi connectivity index (χ3n) is 3.36. The maximum absolute atomic E-state index is 12.8. The number of carbonyl (C=O) groups excluding carboxylic acids is 2. The van der Waals surface area contributed by atoms with Crippen molar-refractivity contribution in [1.82, 2.24) is 5.43 Å². The smallest absolute Gasteiger partial charge is 0.326 e. The number of hydrogen-bond donors (Lipinski definition) is 2. The lowest BCUT2D eigenvalue weighted by Crippen LogP contribution is -2.21. The molecule has 27 heavy (non-hydrogen) atoms. The van der Waals surface area contributed by atoms with Crippen molar-refractivity contribution in [3.63, 3.8) is 0 Å². The van der Waals surface area contributed by atoms with Crippen LogP contribution < -0.4 is 10.7 Å². The SMILES string of the molecule is C/C(CC(=O)Nc1ccc(Cl)c(C(F)(F)F)c1)=N\NC(=O)c1ccccc1. The Hall–Kier alpha value is -2.87. The zero-order chi connectivity index (χ0) is 20.0. The Bertz CT molecular complexity index is 868. The van der Waals surface area contributed by atoms with Gasteiger partial charge in [0, 0.05) is 17.0 Å². The number of benzene rings is 2. The van der Waals surface area contributed by atoms with Gasteiger partial charge in [-0.3, -0.25) is 9.59 Å². The first-order valence-electron chi connectivity index (χ1n) is 7.72. The highest BCUT2D eigenvalue weighted by Gasteiger charge is 2.33. The number of alkyl halides is 3. The minimum Gasteiger partial charge on any atom is -0.326 e. The van der Waals surface area contributed by atoms with Gasteiger partial charge in [-0.1, -0.05) is 29.8 Å². The second-order valence-corrected chi connectivity index (χ2v) is 5.98. The van der Waals surface area contributed by atoms with Gasteiger partial charge in [-0.05, 0) is 37.3 Å². The van der Waals surface area contributed by atoms with Crippen LogP contribution in [-0.2, 0) is 11.0 Å². The molecule has 0 saturated heterocycles. The van der Waals surface area contributed by atoms with E-state index in [2.05, 4.69) is 15.8 Å². The molecular formula is C18H15ClF3N3O2. The summed E-state index contributed by atoms with van der Waals surface area (Å²) in [4.78, 5) is 23.8. The predicted octanol–water partition coefficient (Wildman–Crippen LogP) is 4.49. The van der Waals surface area contributed by atoms with Gasteiger partial charge in [0.1, 0.15) is 0 Å². The van der Waals surface area contributed by atoms with E-state index < -0.39 is 28.6 Å². The van der Waals surface area contributed by atoms with Crippen molar-refractivity contribution in [1.29, 1.82) is 0 Å². The zero-order valence-electron chi connectivity index (χ0n) is 14.1. The van der Waals surface area contributed by atoms with E-state index in [1.165, 1.54) is 13.0 Å². The highest BCUT2D eigenvalue weighted by atomic mass is 35.5. The van der Waals surface area contributed by atoms with E-state index in [1.54, 1.807) is 30.3 Å². The van der Waals surface area contributed by atoms with Crippen LogP contribution in [0.2, 0.25) is 5.02 Å². The minimum absolute atomic E-state index is 0.0437. The summed E-state index contributed by atoms with van der Waals surface area (Å²) in [5.41, 5.74) is 1.91. The molecule has 2 rings (SSSR count). The fourth-order valence-corrected chi connectivity index (χ4v) is 2.32. The Balaban J connectivity index is 1.96. The summed E-state index contributed by atoms with van der Waals surface area (Å²) >= 11 is 5.53. The lowest BCUT2D eigenvalue weighted by Gasteiger charge is -2.11. The quantitative estimate of drug-likeness (QED) is 0.576. The van der Waals surface area contributed by atoms with Crippen LogP contribution in [0.25, 0.3) is 0 Å². The van der Waals surface area contributed by atoms with Crippen molar-refractivity contribution in [2.45, 2.75) is 19.5 Å². The van der Waals surface area contributed by atoms with Crippen molar-refractivity contribution in [3.8, 4) is 0 Å². The average molecular weight is 398 g/mol. The minimum atomic E-state index is -4.63. The molecule has 0 bridgehead atoms. The number of nitrogens with zero attached hydrogens (tertiary/aromatic N) is 1. The Morgan fingerprint density at radius 3 is 2.41 bits per heavy atom. The highest BCUT2D eigenvalue weighted by Crippen LogP contribution is 2.36. The van der Waals surface area contributed by atoms with Crippen LogP contribution in [-0.4, -0.2) is 17.5 Å². The van der Waals surface area contributed by atoms with E-state index in [0.717, 1.165) is 12.1 Å². The topological polar surface area (TPSA) is 70.6 Å². The summed E-state index contributed by atoms with van der Waals surface area (Å²) < 4.78 is 38.5. The molecule has 0 radical (unpaired) electrons. The van der Waals surface area contributed by atoms with Crippen LogP contribution in [0.5, 0.6) is 0 Å². The molecule has 0 aromatic heterocycles. The number of hydrazone groups is 1. The average Bonchev–Trinajstić information content (AvgIpc) is 2.61. The number of hydrogen-bond acceptors (Lipinski definition) is 3. The summed E-state index contributed by atoms with van der Waals surface area (Å²) in [5, 5.41) is 5.69. The summed E-state index contributed by atoms with van der Waals surface area (Å²) in [6.45, 7) is 1.51. The van der Waals surface area contributed by atoms with Crippen molar-refractivity contribution >= 4 is 34.8 Å². The molecule has 2 aromatic carbocycles. The monoisotopic (exact) mass is 397 g/mol. The normalized spacial score (nSPS) is 11.8. The van der Waals surface area contributed by atoms with E-state index in [0.29, 0.717) is 5.56 Å². The molecule has 5 nitrogen and oxygen atoms in total. The Morgan fingerprint density at radius 1 is 1.11 bits per heavy atom. The van der Waals surface area contributed by atoms with Gasteiger partial charge in [0.15, 0.2) is 0 Å². The first-order chi connectivity index (χ1) is 12.7. The Kier molecular flexibility index (Phi) is 6.57. The van der Waals surface area contributed by atoms with Gasteiger partial charge in [0.25, 0.3) is 5.91 Å². The molecule has 0 unspecified atom stereocenters. The number of halogens is 4. The number of amides is 2. The van der Waals surface area contributed by atoms with Crippen LogP contribution >= 0.6 is 11.6 Å². The van der Waals surface area contributed by atoms with E-state index >= 15 is 0 Å². The first kappa shape index (κ1) is 20.4. The van der Waals surface area contributed by atoms with Crippen LogP contribution in [0.4, 0.5) is 18.9 Å². The molecule has 0 fully saturated rings. The standard InChI is InChI=1S/C18H15ClF3N3O2/c1-11(24-25-17(27)12-5-3-2-4-6-12)9-16(26)23-13-7-8-15(19)14(10-13)18(20,21)22/h2-8,10H,9H2,1H3,(H,23,26)(H,25,27)/b24-11+. The van der Waals surface area contributed by atoms with Crippen molar-refractivity contribution in [3.05, 3.63) is 64.7 Å². The van der Waals surface area contributed by atoms with E-state index in [4.69, 9.17) is 11.6 Å². The van der Waals surface area contributed by atoms with Gasteiger partial charge in [-0.25, -0.2) is 5.43 Å². The van der Waals surface area contributed by atoms with Gasteiger partial charge >= 0.3 is 6.18 Å². The largest absolute Gasteiger partial charge is 0.417 e. The molecule has 0 aliphatic carbocycles. The number of nitrogens with one attached hydrogen (secondary N) is 2. The maximum atomic E-state index is 12.8. The third-order valence-corrected chi connectivity index (χ3v) is 3.69. The Morgan fingerprint density at radius 2 is 1.78 bits per heavy atom. The van der Waals surface area contributed by atoms with Crippen LogP contribution in [0, 0.1) is 0 Å². The van der Waals surface area contributed by atoms with Crippen LogP contribution in [0.15, 0.2) is 53.6 Å². The molecule has 2 amide bonds. The van der Waals surface area contributed by atoms with E-state index in [1.807, 2.05) is 0 Å². The first-order valence-corrected chi connectivity index (χ1v) is 8.10. The van der Waals surface area contributed by atoms with Crippen molar-refractivity contribution in [2.24, 2.45) is 5.10 Å². The molecule has 2 aromatic rings. The highest BCUT2D eigenvalue weighted by molar-refractivity contribution is 6.31. The van der Waals surface area contributed by atoms with Gasteiger partial charge in [-0.15, -0.1) is 0 Å². The van der Waals surface area contributed by atoms with Gasteiger partial charge in [-0.2, -0.15) is 18.3 Å². The van der Waals surface area contributed by atoms with Crippen LogP contribution in [0.3, 0.4) is 0 Å². The second-order valence-electron chi connectivity index (χ2n) is 5.57. The number of carbonyl (C=O) groups is 2. The molecule has 0 aliphatic heterocycles. The molecule has 2 N–H and O–H groups in total. The molecule has 9 heteroatoms. The fourth-order valence-electron chi connectivity index (χ4n) is 2.10. The number of anilines is 1. The Labute approximate surface area is 158 Å². The number of rotatable bonds is 5. The van der Waals surface area contributed by atoms with E-state index in [9.17, 15) is 22.8 Å². The van der Waals surface area contributed by atoms with Gasteiger partial charge in [0.05, 0.1) is 17.0 Å². The zero-order valence-corrected chi connectivity index (χ0v) is 14.9. The van der Waals surface area contributed by atoms with Crippen molar-refractivity contribution < 1.29 is 22.8 Å². The maximum Gasteiger partial charge on any atom is 0.417 e.